The van der Waals surface area contributed by atoms with E-state index >= 15 is 0 Å². The summed E-state index contributed by atoms with van der Waals surface area (Å²) in [4.78, 5) is 6.61. The van der Waals surface area contributed by atoms with E-state index in [1.54, 1.807) is 0 Å². The second-order valence-electron chi connectivity index (χ2n) is 4.49. The van der Waals surface area contributed by atoms with Crippen molar-refractivity contribution in [3.8, 4) is 0 Å². The summed E-state index contributed by atoms with van der Waals surface area (Å²) in [6, 6.07) is 7.98. The van der Waals surface area contributed by atoms with Crippen LogP contribution in [-0.4, -0.2) is 12.0 Å². The van der Waals surface area contributed by atoms with Gasteiger partial charge in [0.05, 0.1) is 6.54 Å². The zero-order valence-corrected chi connectivity index (χ0v) is 11.1. The largest absolute Gasteiger partial charge is 0.464 e. The number of hydrogen-bond donors (Lipinski definition) is 1. The summed E-state index contributed by atoms with van der Waals surface area (Å²) in [6.45, 7) is 5.17. The Hall–Kier alpha value is -1.81. The molecule has 2 rings (SSSR count). The molecule has 2 aromatic rings. The number of rotatable bonds is 4. The minimum absolute atomic E-state index is 0.528. The summed E-state index contributed by atoms with van der Waals surface area (Å²) in [5, 5.41) is 0. The van der Waals surface area contributed by atoms with Crippen LogP contribution in [0.5, 0.6) is 0 Å². The SMILES string of the molecule is Cc1ccc(CN(C)c2ccc(CN)c(C)n2)o1. The summed E-state index contributed by atoms with van der Waals surface area (Å²) in [5.74, 6) is 2.80. The van der Waals surface area contributed by atoms with Gasteiger partial charge in [0, 0.05) is 19.3 Å². The summed E-state index contributed by atoms with van der Waals surface area (Å²) in [5.41, 5.74) is 7.70. The molecular formula is C14H19N3O. The maximum Gasteiger partial charge on any atom is 0.128 e. The van der Waals surface area contributed by atoms with Crippen molar-refractivity contribution in [1.82, 2.24) is 4.98 Å². The highest BCUT2D eigenvalue weighted by Crippen LogP contribution is 2.16. The number of nitrogens with zero attached hydrogens (tertiary/aromatic N) is 2. The third-order valence-electron chi connectivity index (χ3n) is 2.98. The Morgan fingerprint density at radius 1 is 1.22 bits per heavy atom. The van der Waals surface area contributed by atoms with Crippen LogP contribution in [0.4, 0.5) is 5.82 Å². The highest BCUT2D eigenvalue weighted by molar-refractivity contribution is 5.41. The normalized spacial score (nSPS) is 10.7. The van der Waals surface area contributed by atoms with Crippen molar-refractivity contribution in [1.29, 1.82) is 0 Å². The van der Waals surface area contributed by atoms with Crippen LogP contribution in [0.25, 0.3) is 0 Å². The predicted octanol–water partition coefficient (Wildman–Crippen LogP) is 2.39. The van der Waals surface area contributed by atoms with E-state index in [1.165, 1.54) is 0 Å². The molecule has 0 amide bonds. The van der Waals surface area contributed by atoms with Gasteiger partial charge in [-0.15, -0.1) is 0 Å². The van der Waals surface area contributed by atoms with Crippen LogP contribution < -0.4 is 10.6 Å². The Morgan fingerprint density at radius 2 is 2.00 bits per heavy atom. The van der Waals surface area contributed by atoms with Crippen LogP contribution in [0.2, 0.25) is 0 Å². The van der Waals surface area contributed by atoms with E-state index in [2.05, 4.69) is 9.88 Å². The van der Waals surface area contributed by atoms with E-state index < -0.39 is 0 Å². The quantitative estimate of drug-likeness (QED) is 0.898. The molecule has 0 saturated heterocycles. The predicted molar refractivity (Wildman–Crippen MR) is 72.4 cm³/mol. The molecule has 2 heterocycles. The van der Waals surface area contributed by atoms with Crippen LogP contribution in [0, 0.1) is 13.8 Å². The highest BCUT2D eigenvalue weighted by Gasteiger charge is 2.08. The molecule has 0 unspecified atom stereocenters. The lowest BCUT2D eigenvalue weighted by Gasteiger charge is -2.18. The topological polar surface area (TPSA) is 55.3 Å². The van der Waals surface area contributed by atoms with Crippen molar-refractivity contribution < 1.29 is 4.42 Å². The fourth-order valence-corrected chi connectivity index (χ4v) is 1.89. The summed E-state index contributed by atoms with van der Waals surface area (Å²) in [6.07, 6.45) is 0. The molecule has 4 nitrogen and oxygen atoms in total. The van der Waals surface area contributed by atoms with Crippen LogP contribution in [0.3, 0.4) is 0 Å². The first-order chi connectivity index (χ1) is 8.60. The molecule has 0 radical (unpaired) electrons. The summed E-state index contributed by atoms with van der Waals surface area (Å²) < 4.78 is 5.56. The Morgan fingerprint density at radius 3 is 2.56 bits per heavy atom. The average molecular weight is 245 g/mol. The minimum Gasteiger partial charge on any atom is -0.464 e. The number of pyridine rings is 1. The molecule has 0 bridgehead atoms. The first-order valence-corrected chi connectivity index (χ1v) is 6.03. The Kier molecular flexibility index (Phi) is 3.67. The molecule has 96 valence electrons. The number of hydrogen-bond acceptors (Lipinski definition) is 4. The van der Waals surface area contributed by atoms with Gasteiger partial charge in [-0.2, -0.15) is 0 Å². The van der Waals surface area contributed by atoms with Gasteiger partial charge >= 0.3 is 0 Å². The highest BCUT2D eigenvalue weighted by atomic mass is 16.3. The Labute approximate surface area is 107 Å². The lowest BCUT2D eigenvalue weighted by atomic mass is 10.2. The first-order valence-electron chi connectivity index (χ1n) is 6.03. The van der Waals surface area contributed by atoms with Crippen LogP contribution >= 0.6 is 0 Å². The molecule has 0 aliphatic carbocycles. The van der Waals surface area contributed by atoms with E-state index in [-0.39, 0.29) is 0 Å². The Bertz CT molecular complexity index is 534. The molecule has 0 fully saturated rings. The monoisotopic (exact) mass is 245 g/mol. The first kappa shape index (κ1) is 12.6. The van der Waals surface area contributed by atoms with E-state index in [0.717, 1.165) is 28.6 Å². The molecular weight excluding hydrogens is 226 g/mol. The minimum atomic E-state index is 0.528. The molecule has 0 spiro atoms. The summed E-state index contributed by atoms with van der Waals surface area (Å²) in [7, 11) is 2.00. The number of furan rings is 1. The van der Waals surface area contributed by atoms with Gasteiger partial charge in [0.2, 0.25) is 0 Å². The molecule has 0 aliphatic rings. The zero-order valence-electron chi connectivity index (χ0n) is 11.1. The number of aromatic nitrogens is 1. The van der Waals surface area contributed by atoms with Crippen molar-refractivity contribution in [3.05, 3.63) is 47.0 Å². The van der Waals surface area contributed by atoms with Gasteiger partial charge in [-0.05, 0) is 37.6 Å². The van der Waals surface area contributed by atoms with Crippen molar-refractivity contribution in [2.45, 2.75) is 26.9 Å². The van der Waals surface area contributed by atoms with Gasteiger partial charge in [0.15, 0.2) is 0 Å². The maximum atomic E-state index is 5.63. The fourth-order valence-electron chi connectivity index (χ4n) is 1.89. The molecule has 18 heavy (non-hydrogen) atoms. The molecule has 0 aliphatic heterocycles. The molecule has 4 heteroatoms. The summed E-state index contributed by atoms with van der Waals surface area (Å²) >= 11 is 0. The molecule has 2 aromatic heterocycles. The molecule has 0 aromatic carbocycles. The fraction of sp³-hybridized carbons (Fsp3) is 0.357. The number of nitrogens with two attached hydrogens (primary N) is 1. The maximum absolute atomic E-state index is 5.63. The number of aryl methyl sites for hydroxylation is 2. The smallest absolute Gasteiger partial charge is 0.128 e. The second-order valence-corrected chi connectivity index (χ2v) is 4.49. The van der Waals surface area contributed by atoms with Gasteiger partial charge in [-0.1, -0.05) is 6.07 Å². The van der Waals surface area contributed by atoms with Gasteiger partial charge in [-0.3, -0.25) is 0 Å². The van der Waals surface area contributed by atoms with Crippen molar-refractivity contribution >= 4 is 5.82 Å². The third-order valence-corrected chi connectivity index (χ3v) is 2.98. The second kappa shape index (κ2) is 5.23. The van der Waals surface area contributed by atoms with Gasteiger partial charge in [0.25, 0.3) is 0 Å². The lowest BCUT2D eigenvalue weighted by Crippen LogP contribution is -2.18. The number of anilines is 1. The van der Waals surface area contributed by atoms with E-state index in [1.807, 2.05) is 45.2 Å². The average Bonchev–Trinajstić information content (AvgIpc) is 2.74. The molecule has 0 saturated carbocycles. The van der Waals surface area contributed by atoms with E-state index in [0.29, 0.717) is 13.1 Å². The Balaban J connectivity index is 2.13. The van der Waals surface area contributed by atoms with Gasteiger partial charge in [-0.25, -0.2) is 4.98 Å². The van der Waals surface area contributed by atoms with Crippen molar-refractivity contribution in [2.75, 3.05) is 11.9 Å². The lowest BCUT2D eigenvalue weighted by molar-refractivity contribution is 0.481. The van der Waals surface area contributed by atoms with Gasteiger partial charge in [0.1, 0.15) is 17.3 Å². The molecule has 2 N–H and O–H groups in total. The third kappa shape index (κ3) is 2.71. The zero-order chi connectivity index (χ0) is 13.1. The van der Waals surface area contributed by atoms with Crippen LogP contribution in [0.1, 0.15) is 22.8 Å². The van der Waals surface area contributed by atoms with Crippen LogP contribution in [-0.2, 0) is 13.1 Å². The van der Waals surface area contributed by atoms with E-state index in [4.69, 9.17) is 10.2 Å². The van der Waals surface area contributed by atoms with Crippen molar-refractivity contribution in [2.24, 2.45) is 5.73 Å². The van der Waals surface area contributed by atoms with E-state index in [9.17, 15) is 0 Å². The molecule has 0 atom stereocenters. The standard InChI is InChI=1S/C14H19N3O/c1-10-4-6-13(18-10)9-17(3)14-7-5-12(8-15)11(2)16-14/h4-7H,8-9,15H2,1-3H3. The van der Waals surface area contributed by atoms with Crippen molar-refractivity contribution in [3.63, 3.8) is 0 Å². The van der Waals surface area contributed by atoms with Gasteiger partial charge < -0.3 is 15.1 Å². The van der Waals surface area contributed by atoms with Crippen LogP contribution in [0.15, 0.2) is 28.7 Å².